The second kappa shape index (κ2) is 3.57. The molecule has 68 valence electrons. The number of nitrogens with one attached hydrogen (secondary N) is 1. The van der Waals surface area contributed by atoms with E-state index in [1.807, 2.05) is 0 Å². The van der Waals surface area contributed by atoms with Crippen LogP contribution >= 0.6 is 0 Å². The molecule has 0 bridgehead atoms. The van der Waals surface area contributed by atoms with Crippen LogP contribution in [0.2, 0.25) is 0 Å². The molecule has 1 atom stereocenters. The van der Waals surface area contributed by atoms with E-state index in [1.54, 1.807) is 14.0 Å². The molecule has 1 aromatic rings. The van der Waals surface area contributed by atoms with Gasteiger partial charge in [-0.05, 0) is 14.0 Å². The molecule has 1 aromatic heterocycles. The summed E-state index contributed by atoms with van der Waals surface area (Å²) in [6, 6.07) is -0.106. The Kier molecular flexibility index (Phi) is 2.69. The maximum Gasteiger partial charge on any atom is 0.334 e. The summed E-state index contributed by atoms with van der Waals surface area (Å²) in [5, 5.41) is 6.42. The first-order valence-corrected chi connectivity index (χ1v) is 3.51. The molecular weight excluding hydrogens is 166 g/mol. The van der Waals surface area contributed by atoms with E-state index < -0.39 is 6.55 Å². The molecule has 1 N–H and O–H groups in total. The minimum absolute atomic E-state index is 0.106. The molecule has 1 rings (SSSR count). The van der Waals surface area contributed by atoms with Crippen molar-refractivity contribution in [3.8, 4) is 0 Å². The largest absolute Gasteiger partial charge is 0.334 e. The standard InChI is InChI=1S/C6H10F2N4/c1-4(9-2)5-10-3-12(11-5)6(7)8/h3-4,6,9H,1-2H3. The van der Waals surface area contributed by atoms with E-state index in [4.69, 9.17) is 0 Å². The van der Waals surface area contributed by atoms with E-state index in [9.17, 15) is 8.78 Å². The summed E-state index contributed by atoms with van der Waals surface area (Å²) < 4.78 is 24.5. The van der Waals surface area contributed by atoms with Crippen molar-refractivity contribution in [3.63, 3.8) is 0 Å². The van der Waals surface area contributed by atoms with E-state index in [1.165, 1.54) is 0 Å². The molecular formula is C6H10F2N4. The van der Waals surface area contributed by atoms with E-state index in [-0.39, 0.29) is 6.04 Å². The second-order valence-corrected chi connectivity index (χ2v) is 2.37. The summed E-state index contributed by atoms with van der Waals surface area (Å²) in [6.45, 7) is -0.819. The molecule has 0 saturated carbocycles. The number of halogens is 2. The number of nitrogens with zero attached hydrogens (tertiary/aromatic N) is 3. The van der Waals surface area contributed by atoms with Crippen LogP contribution in [0, 0.1) is 0 Å². The number of hydrogen-bond acceptors (Lipinski definition) is 3. The third-order valence-corrected chi connectivity index (χ3v) is 1.55. The summed E-state index contributed by atoms with van der Waals surface area (Å²) >= 11 is 0. The monoisotopic (exact) mass is 176 g/mol. The SMILES string of the molecule is CNC(C)c1ncn(C(F)F)n1. The lowest BCUT2D eigenvalue weighted by Crippen LogP contribution is -2.14. The smallest absolute Gasteiger partial charge is 0.311 e. The Morgan fingerprint density at radius 1 is 1.58 bits per heavy atom. The maximum absolute atomic E-state index is 12.0. The molecule has 0 amide bonds. The molecule has 6 heteroatoms. The molecule has 12 heavy (non-hydrogen) atoms. The Morgan fingerprint density at radius 3 is 2.67 bits per heavy atom. The number of hydrogen-bond donors (Lipinski definition) is 1. The number of aromatic nitrogens is 3. The Hall–Kier alpha value is -1.04. The Morgan fingerprint density at radius 2 is 2.25 bits per heavy atom. The Bertz CT molecular complexity index is 247. The first kappa shape index (κ1) is 9.05. The molecule has 1 heterocycles. The van der Waals surface area contributed by atoms with E-state index in [2.05, 4.69) is 15.4 Å². The van der Waals surface area contributed by atoms with Crippen LogP contribution < -0.4 is 5.32 Å². The van der Waals surface area contributed by atoms with Crippen molar-refractivity contribution in [3.05, 3.63) is 12.2 Å². The van der Waals surface area contributed by atoms with Crippen molar-refractivity contribution in [1.29, 1.82) is 0 Å². The molecule has 0 radical (unpaired) electrons. The third-order valence-electron chi connectivity index (χ3n) is 1.55. The van der Waals surface area contributed by atoms with Crippen molar-refractivity contribution in [2.24, 2.45) is 0 Å². The Labute approximate surface area is 68.6 Å². The van der Waals surface area contributed by atoms with Gasteiger partial charge in [-0.3, -0.25) is 0 Å². The molecule has 0 saturated heterocycles. The minimum atomic E-state index is -2.62. The van der Waals surface area contributed by atoms with Crippen LogP contribution in [0.4, 0.5) is 8.78 Å². The molecule has 0 aromatic carbocycles. The summed E-state index contributed by atoms with van der Waals surface area (Å²) in [4.78, 5) is 3.72. The van der Waals surface area contributed by atoms with Gasteiger partial charge in [0, 0.05) is 0 Å². The fourth-order valence-electron chi connectivity index (χ4n) is 0.710. The van der Waals surface area contributed by atoms with Crippen molar-refractivity contribution in [2.75, 3.05) is 7.05 Å². The number of rotatable bonds is 3. The zero-order valence-corrected chi connectivity index (χ0v) is 6.83. The van der Waals surface area contributed by atoms with Crippen molar-refractivity contribution < 1.29 is 8.78 Å². The van der Waals surface area contributed by atoms with Gasteiger partial charge in [-0.1, -0.05) is 0 Å². The summed E-state index contributed by atoms with van der Waals surface area (Å²) in [5.41, 5.74) is 0. The van der Waals surface area contributed by atoms with Crippen LogP contribution in [0.15, 0.2) is 6.33 Å². The van der Waals surface area contributed by atoms with Crippen LogP contribution in [-0.2, 0) is 0 Å². The minimum Gasteiger partial charge on any atom is -0.311 e. The van der Waals surface area contributed by atoms with Crippen molar-refractivity contribution >= 4 is 0 Å². The van der Waals surface area contributed by atoms with Crippen LogP contribution in [-0.4, -0.2) is 21.8 Å². The molecule has 0 aliphatic carbocycles. The van der Waals surface area contributed by atoms with E-state index in [0.29, 0.717) is 10.5 Å². The highest BCUT2D eigenvalue weighted by Crippen LogP contribution is 2.10. The van der Waals surface area contributed by atoms with Gasteiger partial charge in [0.15, 0.2) is 5.82 Å². The average Bonchev–Trinajstić information content (AvgIpc) is 2.51. The summed E-state index contributed by atoms with van der Waals surface area (Å²) in [6.07, 6.45) is 1.02. The zero-order valence-electron chi connectivity index (χ0n) is 6.83. The predicted molar refractivity (Wildman–Crippen MR) is 38.7 cm³/mol. The van der Waals surface area contributed by atoms with Gasteiger partial charge >= 0.3 is 6.55 Å². The highest BCUT2D eigenvalue weighted by molar-refractivity contribution is 4.88. The molecule has 4 nitrogen and oxygen atoms in total. The third kappa shape index (κ3) is 1.76. The van der Waals surface area contributed by atoms with E-state index in [0.717, 1.165) is 6.33 Å². The second-order valence-electron chi connectivity index (χ2n) is 2.37. The normalized spacial score (nSPS) is 13.8. The van der Waals surface area contributed by atoms with Crippen LogP contribution in [0.3, 0.4) is 0 Å². The van der Waals surface area contributed by atoms with Crippen LogP contribution in [0.25, 0.3) is 0 Å². The average molecular weight is 176 g/mol. The van der Waals surface area contributed by atoms with Gasteiger partial charge in [-0.2, -0.15) is 13.5 Å². The van der Waals surface area contributed by atoms with Gasteiger partial charge in [-0.25, -0.2) is 4.98 Å². The Balaban J connectivity index is 2.77. The topological polar surface area (TPSA) is 42.7 Å². The highest BCUT2D eigenvalue weighted by atomic mass is 19.3. The van der Waals surface area contributed by atoms with Gasteiger partial charge in [0.25, 0.3) is 0 Å². The van der Waals surface area contributed by atoms with Gasteiger partial charge < -0.3 is 5.32 Å². The lowest BCUT2D eigenvalue weighted by atomic mass is 10.3. The highest BCUT2D eigenvalue weighted by Gasteiger charge is 2.12. The molecule has 0 spiro atoms. The number of alkyl halides is 2. The van der Waals surface area contributed by atoms with Crippen LogP contribution in [0.5, 0.6) is 0 Å². The van der Waals surface area contributed by atoms with Gasteiger partial charge in [0.05, 0.1) is 6.04 Å². The molecule has 1 unspecified atom stereocenters. The first-order valence-electron chi connectivity index (χ1n) is 3.51. The molecule has 0 aliphatic heterocycles. The van der Waals surface area contributed by atoms with Crippen molar-refractivity contribution in [2.45, 2.75) is 19.5 Å². The summed E-state index contributed by atoms with van der Waals surface area (Å²) in [7, 11) is 1.72. The van der Waals surface area contributed by atoms with Gasteiger partial charge in [0.2, 0.25) is 0 Å². The molecule has 0 aliphatic rings. The summed E-state index contributed by atoms with van der Waals surface area (Å²) in [5.74, 6) is 0.373. The lowest BCUT2D eigenvalue weighted by Gasteiger charge is -2.03. The van der Waals surface area contributed by atoms with Crippen LogP contribution in [0.1, 0.15) is 25.3 Å². The van der Waals surface area contributed by atoms with Gasteiger partial charge in [0.1, 0.15) is 6.33 Å². The molecule has 0 fully saturated rings. The fourth-order valence-corrected chi connectivity index (χ4v) is 0.710. The lowest BCUT2D eigenvalue weighted by molar-refractivity contribution is 0.0557. The zero-order chi connectivity index (χ0) is 9.14. The van der Waals surface area contributed by atoms with Gasteiger partial charge in [-0.15, -0.1) is 5.10 Å². The van der Waals surface area contributed by atoms with Crippen molar-refractivity contribution in [1.82, 2.24) is 20.1 Å². The quantitative estimate of drug-likeness (QED) is 0.745. The maximum atomic E-state index is 12.0. The predicted octanol–water partition coefficient (Wildman–Crippen LogP) is 0.954. The first-order chi connectivity index (χ1) is 5.65. The fraction of sp³-hybridized carbons (Fsp3) is 0.667. The van der Waals surface area contributed by atoms with E-state index >= 15 is 0 Å².